The van der Waals surface area contributed by atoms with E-state index in [9.17, 15) is 27.6 Å². The van der Waals surface area contributed by atoms with Gasteiger partial charge in [0.15, 0.2) is 0 Å². The lowest BCUT2D eigenvalue weighted by Crippen LogP contribution is -2.62. The Balaban J connectivity index is 1.76. The molecule has 0 aliphatic carbocycles. The lowest BCUT2D eigenvalue weighted by Gasteiger charge is -2.40. The fraction of sp³-hybridized carbons (Fsp3) is 0.440. The molecule has 1 aliphatic heterocycles. The summed E-state index contributed by atoms with van der Waals surface area (Å²) in [5, 5.41) is 4.94. The van der Waals surface area contributed by atoms with E-state index in [0.717, 1.165) is 17.8 Å². The molecule has 1 fully saturated rings. The van der Waals surface area contributed by atoms with Gasteiger partial charge in [-0.05, 0) is 51.3 Å². The molecule has 200 valence electrons. The van der Waals surface area contributed by atoms with Gasteiger partial charge in [0.25, 0.3) is 5.91 Å². The zero-order chi connectivity index (χ0) is 27.3. The summed E-state index contributed by atoms with van der Waals surface area (Å²) in [4.78, 5) is 43.6. The van der Waals surface area contributed by atoms with Gasteiger partial charge in [-0.15, -0.1) is 0 Å². The number of rotatable bonds is 5. The number of benzene rings is 1. The maximum atomic E-state index is 13.3. The molecule has 0 atom stereocenters. The van der Waals surface area contributed by atoms with Crippen molar-refractivity contribution < 1.29 is 37.0 Å². The third kappa shape index (κ3) is 7.83. The fourth-order valence-electron chi connectivity index (χ4n) is 3.67. The number of carbonyl (C=O) groups is 3. The highest BCUT2D eigenvalue weighted by molar-refractivity contribution is 5.99. The van der Waals surface area contributed by atoms with Gasteiger partial charge in [-0.1, -0.05) is 30.3 Å². The van der Waals surface area contributed by atoms with E-state index in [1.807, 2.05) is 6.07 Å². The number of halogens is 3. The van der Waals surface area contributed by atoms with Crippen molar-refractivity contribution in [3.05, 3.63) is 59.8 Å². The quantitative estimate of drug-likeness (QED) is 0.587. The molecule has 37 heavy (non-hydrogen) atoms. The summed E-state index contributed by atoms with van der Waals surface area (Å²) in [7, 11) is 0. The van der Waals surface area contributed by atoms with Crippen LogP contribution < -0.4 is 10.6 Å². The average molecular weight is 523 g/mol. The normalized spacial score (nSPS) is 15.5. The van der Waals surface area contributed by atoms with Crippen LogP contribution >= 0.6 is 0 Å². The standard InChI is InChI=1S/C25H29F3N4O5/c1-23(2,3)37-22(35)32-13-10-24(11-14-32,31-21(34)36-16-17-7-5-4-6-8-17)20(33)30-19-15-18(9-12-29-19)25(26,27)28/h4-9,12,15H,10-11,13-14,16H2,1-3H3,(H,31,34)(H,29,30,33). The first kappa shape index (κ1) is 27.8. The Morgan fingerprint density at radius 1 is 1.05 bits per heavy atom. The van der Waals surface area contributed by atoms with Gasteiger partial charge in [-0.3, -0.25) is 4.79 Å². The summed E-state index contributed by atoms with van der Waals surface area (Å²) >= 11 is 0. The number of alkyl carbamates (subject to hydrolysis) is 1. The Morgan fingerprint density at radius 3 is 2.30 bits per heavy atom. The van der Waals surface area contributed by atoms with Crippen molar-refractivity contribution in [1.82, 2.24) is 15.2 Å². The van der Waals surface area contributed by atoms with Crippen LogP contribution in [0.3, 0.4) is 0 Å². The number of hydrogen-bond acceptors (Lipinski definition) is 6. The van der Waals surface area contributed by atoms with Crippen molar-refractivity contribution in [2.45, 2.75) is 57.5 Å². The molecule has 0 saturated carbocycles. The highest BCUT2D eigenvalue weighted by Gasteiger charge is 2.45. The van der Waals surface area contributed by atoms with Crippen molar-refractivity contribution in [1.29, 1.82) is 0 Å². The fourth-order valence-corrected chi connectivity index (χ4v) is 3.67. The average Bonchev–Trinajstić information content (AvgIpc) is 2.82. The largest absolute Gasteiger partial charge is 0.445 e. The molecule has 0 radical (unpaired) electrons. The SMILES string of the molecule is CC(C)(C)OC(=O)N1CCC(NC(=O)OCc2ccccc2)(C(=O)Nc2cc(C(F)(F)F)ccn2)CC1. The number of ether oxygens (including phenoxy) is 2. The third-order valence-corrected chi connectivity index (χ3v) is 5.59. The van der Waals surface area contributed by atoms with Gasteiger partial charge in [0, 0.05) is 19.3 Å². The molecular formula is C25H29F3N4O5. The molecule has 0 bridgehead atoms. The second-order valence-corrected chi connectivity index (χ2v) is 9.62. The molecule has 2 heterocycles. The number of pyridine rings is 1. The van der Waals surface area contributed by atoms with Gasteiger partial charge in [0.1, 0.15) is 23.6 Å². The number of aromatic nitrogens is 1. The lowest BCUT2D eigenvalue weighted by molar-refractivity contribution is -0.137. The molecule has 2 aromatic rings. The van der Waals surface area contributed by atoms with Crippen LogP contribution in [-0.4, -0.2) is 52.2 Å². The molecular weight excluding hydrogens is 493 g/mol. The number of likely N-dealkylation sites (tertiary alicyclic amines) is 1. The summed E-state index contributed by atoms with van der Waals surface area (Å²) < 4.78 is 49.9. The van der Waals surface area contributed by atoms with Crippen LogP contribution in [0.15, 0.2) is 48.7 Å². The van der Waals surface area contributed by atoms with Crippen molar-refractivity contribution in [3.63, 3.8) is 0 Å². The van der Waals surface area contributed by atoms with E-state index < -0.39 is 41.0 Å². The Hall–Kier alpha value is -3.83. The summed E-state index contributed by atoms with van der Waals surface area (Å²) in [6.07, 6.45) is -5.22. The van der Waals surface area contributed by atoms with Gasteiger partial charge in [0.2, 0.25) is 0 Å². The minimum absolute atomic E-state index is 0.0303. The van der Waals surface area contributed by atoms with Crippen LogP contribution in [0, 0.1) is 0 Å². The topological polar surface area (TPSA) is 110 Å². The van der Waals surface area contributed by atoms with Crippen LogP contribution in [0.4, 0.5) is 28.6 Å². The molecule has 2 N–H and O–H groups in total. The smallest absolute Gasteiger partial charge is 0.416 e. The van der Waals surface area contributed by atoms with E-state index in [-0.39, 0.29) is 38.4 Å². The number of nitrogens with one attached hydrogen (secondary N) is 2. The van der Waals surface area contributed by atoms with E-state index >= 15 is 0 Å². The lowest BCUT2D eigenvalue weighted by atomic mass is 9.86. The number of piperidine rings is 1. The number of hydrogen-bond donors (Lipinski definition) is 2. The number of carbonyl (C=O) groups excluding carboxylic acids is 3. The predicted octanol–water partition coefficient (Wildman–Crippen LogP) is 4.74. The molecule has 3 amide bonds. The number of amides is 3. The Labute approximate surface area is 212 Å². The van der Waals surface area contributed by atoms with E-state index in [0.29, 0.717) is 6.07 Å². The van der Waals surface area contributed by atoms with Crippen molar-refractivity contribution in [3.8, 4) is 0 Å². The van der Waals surface area contributed by atoms with Crippen LogP contribution in [0.2, 0.25) is 0 Å². The molecule has 1 aromatic heterocycles. The van der Waals surface area contributed by atoms with Crippen molar-refractivity contribution >= 4 is 23.9 Å². The molecule has 1 aromatic carbocycles. The first-order valence-corrected chi connectivity index (χ1v) is 11.6. The predicted molar refractivity (Wildman–Crippen MR) is 127 cm³/mol. The monoisotopic (exact) mass is 522 g/mol. The Morgan fingerprint density at radius 2 is 1.70 bits per heavy atom. The van der Waals surface area contributed by atoms with Crippen LogP contribution in [0.1, 0.15) is 44.7 Å². The highest BCUT2D eigenvalue weighted by atomic mass is 19.4. The van der Waals surface area contributed by atoms with E-state index in [1.165, 1.54) is 4.90 Å². The molecule has 3 rings (SSSR count). The molecule has 1 aliphatic rings. The first-order valence-electron chi connectivity index (χ1n) is 11.6. The molecule has 12 heteroatoms. The number of nitrogens with zero attached hydrogens (tertiary/aromatic N) is 2. The maximum Gasteiger partial charge on any atom is 0.416 e. The molecule has 0 spiro atoms. The zero-order valence-corrected chi connectivity index (χ0v) is 20.7. The van der Waals surface area contributed by atoms with E-state index in [1.54, 1.807) is 45.0 Å². The zero-order valence-electron chi connectivity index (χ0n) is 20.7. The van der Waals surface area contributed by atoms with Gasteiger partial charge in [0.05, 0.1) is 5.56 Å². The summed E-state index contributed by atoms with van der Waals surface area (Å²) in [5.74, 6) is -1.10. The Bertz CT molecular complexity index is 1110. The minimum Gasteiger partial charge on any atom is -0.445 e. The van der Waals surface area contributed by atoms with Crippen LogP contribution in [-0.2, 0) is 27.1 Å². The number of anilines is 1. The second-order valence-electron chi connectivity index (χ2n) is 9.62. The summed E-state index contributed by atoms with van der Waals surface area (Å²) in [6, 6.07) is 10.4. The van der Waals surface area contributed by atoms with Gasteiger partial charge >= 0.3 is 18.4 Å². The number of alkyl halides is 3. The summed E-state index contributed by atoms with van der Waals surface area (Å²) in [6.45, 7) is 5.22. The molecule has 0 unspecified atom stereocenters. The second kappa shape index (κ2) is 11.1. The van der Waals surface area contributed by atoms with Gasteiger partial charge < -0.3 is 25.0 Å². The van der Waals surface area contributed by atoms with Gasteiger partial charge in [-0.25, -0.2) is 14.6 Å². The van der Waals surface area contributed by atoms with E-state index in [4.69, 9.17) is 9.47 Å². The van der Waals surface area contributed by atoms with Gasteiger partial charge in [-0.2, -0.15) is 13.2 Å². The van der Waals surface area contributed by atoms with E-state index in [2.05, 4.69) is 15.6 Å². The van der Waals surface area contributed by atoms with Crippen molar-refractivity contribution in [2.24, 2.45) is 0 Å². The molecule has 9 nitrogen and oxygen atoms in total. The first-order chi connectivity index (χ1) is 17.3. The Kier molecular flexibility index (Phi) is 8.29. The van der Waals surface area contributed by atoms with Crippen molar-refractivity contribution in [2.75, 3.05) is 18.4 Å². The highest BCUT2D eigenvalue weighted by Crippen LogP contribution is 2.31. The minimum atomic E-state index is -4.63. The van der Waals surface area contributed by atoms with Crippen LogP contribution in [0.25, 0.3) is 0 Å². The third-order valence-electron chi connectivity index (χ3n) is 5.59. The molecule has 1 saturated heterocycles. The summed E-state index contributed by atoms with van der Waals surface area (Å²) in [5.41, 5.74) is -2.55. The maximum absolute atomic E-state index is 13.3. The van der Waals surface area contributed by atoms with Crippen LogP contribution in [0.5, 0.6) is 0 Å².